The van der Waals surface area contributed by atoms with E-state index in [0.717, 1.165) is 5.69 Å². The van der Waals surface area contributed by atoms with Crippen molar-refractivity contribution < 1.29 is 5.11 Å². The van der Waals surface area contributed by atoms with Gasteiger partial charge in [0.2, 0.25) is 0 Å². The molecule has 12 heavy (non-hydrogen) atoms. The summed E-state index contributed by atoms with van der Waals surface area (Å²) in [6.45, 7) is 2.44. The van der Waals surface area contributed by atoms with Crippen LogP contribution in [-0.2, 0) is 6.54 Å². The maximum atomic E-state index is 9.18. The molecule has 4 nitrogen and oxygen atoms in total. The Bertz CT molecular complexity index is 242. The van der Waals surface area contributed by atoms with Crippen molar-refractivity contribution in [2.45, 2.75) is 19.6 Å². The first-order valence-corrected chi connectivity index (χ1v) is 4.09. The smallest absolute Gasteiger partial charge is 0.0857 e. The molecule has 0 aliphatic carbocycles. The quantitative estimate of drug-likeness (QED) is 0.712. The Morgan fingerprint density at radius 2 is 2.50 bits per heavy atom. The Hall–Kier alpha value is -0.580. The molecule has 0 aliphatic heterocycles. The fourth-order valence-electron chi connectivity index (χ4n) is 0.878. The molecule has 68 valence electrons. The summed E-state index contributed by atoms with van der Waals surface area (Å²) in [5.41, 5.74) is 6.01. The summed E-state index contributed by atoms with van der Waals surface area (Å²) < 4.78 is 1.59. The first-order valence-electron chi connectivity index (χ1n) is 3.71. The summed E-state index contributed by atoms with van der Waals surface area (Å²) in [5, 5.41) is 13.9. The van der Waals surface area contributed by atoms with Crippen molar-refractivity contribution in [3.05, 3.63) is 16.9 Å². The van der Waals surface area contributed by atoms with E-state index in [1.54, 1.807) is 10.9 Å². The predicted molar refractivity (Wildman–Crippen MR) is 47.0 cm³/mol. The second kappa shape index (κ2) is 3.89. The van der Waals surface area contributed by atoms with Crippen molar-refractivity contribution in [1.82, 2.24) is 9.78 Å². The number of nitrogens with zero attached hydrogens (tertiary/aromatic N) is 2. The fourth-order valence-corrected chi connectivity index (χ4v) is 1.03. The lowest BCUT2D eigenvalue weighted by Gasteiger charge is -2.06. The molecular formula is C7H12ClN3O. The Labute approximate surface area is 75.9 Å². The third-order valence-corrected chi connectivity index (χ3v) is 1.93. The largest absolute Gasteiger partial charge is 0.390 e. The SMILES string of the molecule is Cc1nn(C[C@H](O)CN)cc1Cl. The number of aromatic nitrogens is 2. The van der Waals surface area contributed by atoms with Gasteiger partial charge in [-0.3, -0.25) is 4.68 Å². The summed E-state index contributed by atoms with van der Waals surface area (Å²) >= 11 is 5.76. The van der Waals surface area contributed by atoms with Crippen LogP contribution in [0.25, 0.3) is 0 Å². The van der Waals surface area contributed by atoms with Gasteiger partial charge in [0.1, 0.15) is 0 Å². The number of rotatable bonds is 3. The van der Waals surface area contributed by atoms with E-state index in [9.17, 15) is 5.11 Å². The minimum atomic E-state index is -0.555. The molecule has 0 unspecified atom stereocenters. The van der Waals surface area contributed by atoms with Crippen molar-refractivity contribution in [2.24, 2.45) is 5.73 Å². The van der Waals surface area contributed by atoms with Gasteiger partial charge in [-0.05, 0) is 6.92 Å². The van der Waals surface area contributed by atoms with E-state index >= 15 is 0 Å². The van der Waals surface area contributed by atoms with Gasteiger partial charge in [-0.2, -0.15) is 5.10 Å². The van der Waals surface area contributed by atoms with Crippen molar-refractivity contribution >= 4 is 11.6 Å². The zero-order chi connectivity index (χ0) is 9.14. The van der Waals surface area contributed by atoms with Gasteiger partial charge >= 0.3 is 0 Å². The molecule has 0 radical (unpaired) electrons. The van der Waals surface area contributed by atoms with Gasteiger partial charge in [-0.15, -0.1) is 0 Å². The van der Waals surface area contributed by atoms with Crippen LogP contribution in [0.4, 0.5) is 0 Å². The molecule has 1 heterocycles. The highest BCUT2D eigenvalue weighted by Crippen LogP contribution is 2.11. The molecule has 3 N–H and O–H groups in total. The number of hydrogen-bond donors (Lipinski definition) is 2. The van der Waals surface area contributed by atoms with Gasteiger partial charge in [0.25, 0.3) is 0 Å². The Kier molecular flexibility index (Phi) is 3.08. The first-order chi connectivity index (χ1) is 5.63. The molecule has 5 heteroatoms. The van der Waals surface area contributed by atoms with Gasteiger partial charge in [0.15, 0.2) is 0 Å². The number of hydrogen-bond acceptors (Lipinski definition) is 3. The molecule has 0 saturated heterocycles. The van der Waals surface area contributed by atoms with E-state index in [2.05, 4.69) is 5.10 Å². The standard InChI is InChI=1S/C7H12ClN3O/c1-5-7(8)4-11(10-5)3-6(12)2-9/h4,6,12H,2-3,9H2,1H3/t6-/m1/s1. The molecule has 0 amide bonds. The second-order valence-corrected chi connectivity index (χ2v) is 3.08. The van der Waals surface area contributed by atoms with Gasteiger partial charge in [0.05, 0.1) is 23.4 Å². The predicted octanol–water partition coefficient (Wildman–Crippen LogP) is 0.165. The Morgan fingerprint density at radius 1 is 1.83 bits per heavy atom. The van der Waals surface area contributed by atoms with Crippen LogP contribution in [0.15, 0.2) is 6.20 Å². The molecule has 1 aromatic rings. The van der Waals surface area contributed by atoms with Crippen LogP contribution in [-0.4, -0.2) is 27.5 Å². The topological polar surface area (TPSA) is 64.1 Å². The maximum Gasteiger partial charge on any atom is 0.0857 e. The van der Waals surface area contributed by atoms with E-state index < -0.39 is 6.10 Å². The van der Waals surface area contributed by atoms with Crippen LogP contribution < -0.4 is 5.73 Å². The highest BCUT2D eigenvalue weighted by molar-refractivity contribution is 6.31. The van der Waals surface area contributed by atoms with Gasteiger partial charge in [0, 0.05) is 12.7 Å². The normalized spacial score (nSPS) is 13.3. The molecule has 0 bridgehead atoms. The number of nitrogens with two attached hydrogens (primary N) is 1. The Morgan fingerprint density at radius 3 is 2.92 bits per heavy atom. The van der Waals surface area contributed by atoms with Crippen LogP contribution in [0.2, 0.25) is 5.02 Å². The summed E-state index contributed by atoms with van der Waals surface area (Å²) in [4.78, 5) is 0. The van der Waals surface area contributed by atoms with Crippen molar-refractivity contribution in [3.63, 3.8) is 0 Å². The summed E-state index contributed by atoms with van der Waals surface area (Å²) in [6, 6.07) is 0. The highest BCUT2D eigenvalue weighted by atomic mass is 35.5. The summed E-state index contributed by atoms with van der Waals surface area (Å²) in [6.07, 6.45) is 1.12. The molecule has 1 rings (SSSR count). The molecule has 0 aliphatic rings. The maximum absolute atomic E-state index is 9.18. The van der Waals surface area contributed by atoms with Crippen LogP contribution in [0.3, 0.4) is 0 Å². The minimum Gasteiger partial charge on any atom is -0.390 e. The average Bonchev–Trinajstić information content (AvgIpc) is 2.31. The number of halogens is 1. The van der Waals surface area contributed by atoms with Crippen LogP contribution >= 0.6 is 11.6 Å². The number of aliphatic hydroxyl groups excluding tert-OH is 1. The summed E-state index contributed by atoms with van der Waals surface area (Å²) in [7, 11) is 0. The van der Waals surface area contributed by atoms with Crippen LogP contribution in [0.5, 0.6) is 0 Å². The second-order valence-electron chi connectivity index (χ2n) is 2.67. The van der Waals surface area contributed by atoms with Gasteiger partial charge in [-0.25, -0.2) is 0 Å². The van der Waals surface area contributed by atoms with E-state index in [4.69, 9.17) is 17.3 Å². The number of aliphatic hydroxyl groups is 1. The Balaban J connectivity index is 2.64. The minimum absolute atomic E-state index is 0.233. The molecule has 0 saturated carbocycles. The zero-order valence-corrected chi connectivity index (χ0v) is 7.62. The summed E-state index contributed by atoms with van der Waals surface area (Å²) in [5.74, 6) is 0. The van der Waals surface area contributed by atoms with Crippen molar-refractivity contribution in [2.75, 3.05) is 6.54 Å². The molecular weight excluding hydrogens is 178 g/mol. The van der Waals surface area contributed by atoms with E-state index in [-0.39, 0.29) is 6.54 Å². The van der Waals surface area contributed by atoms with Crippen LogP contribution in [0, 0.1) is 6.92 Å². The lowest BCUT2D eigenvalue weighted by molar-refractivity contribution is 0.157. The van der Waals surface area contributed by atoms with Gasteiger partial charge < -0.3 is 10.8 Å². The molecule has 0 spiro atoms. The third-order valence-electron chi connectivity index (χ3n) is 1.56. The monoisotopic (exact) mass is 189 g/mol. The van der Waals surface area contributed by atoms with E-state index in [0.29, 0.717) is 11.6 Å². The molecule has 0 aromatic carbocycles. The van der Waals surface area contributed by atoms with Crippen molar-refractivity contribution in [1.29, 1.82) is 0 Å². The zero-order valence-electron chi connectivity index (χ0n) is 6.87. The van der Waals surface area contributed by atoms with Crippen LogP contribution in [0.1, 0.15) is 5.69 Å². The molecule has 1 aromatic heterocycles. The van der Waals surface area contributed by atoms with E-state index in [1.807, 2.05) is 6.92 Å². The first kappa shape index (κ1) is 9.51. The third kappa shape index (κ3) is 2.20. The van der Waals surface area contributed by atoms with E-state index in [1.165, 1.54) is 0 Å². The fraction of sp³-hybridized carbons (Fsp3) is 0.571. The molecule has 1 atom stereocenters. The highest BCUT2D eigenvalue weighted by Gasteiger charge is 2.05. The molecule has 0 fully saturated rings. The van der Waals surface area contributed by atoms with Crippen molar-refractivity contribution in [3.8, 4) is 0 Å². The number of aryl methyl sites for hydroxylation is 1. The lowest BCUT2D eigenvalue weighted by atomic mass is 10.4. The van der Waals surface area contributed by atoms with Gasteiger partial charge in [-0.1, -0.05) is 11.6 Å². The average molecular weight is 190 g/mol. The lowest BCUT2D eigenvalue weighted by Crippen LogP contribution is -2.25.